The smallest absolute Gasteiger partial charge is 0.217 e. The van der Waals surface area contributed by atoms with Crippen LogP contribution < -0.4 is 5.32 Å². The van der Waals surface area contributed by atoms with Crippen molar-refractivity contribution in [2.75, 3.05) is 0 Å². The minimum atomic E-state index is -0.0499. The van der Waals surface area contributed by atoms with Gasteiger partial charge in [0.05, 0.1) is 0 Å². The van der Waals surface area contributed by atoms with E-state index in [1.165, 1.54) is 6.92 Å². The number of rotatable bonds is 5. The van der Waals surface area contributed by atoms with Gasteiger partial charge in [0.2, 0.25) is 5.91 Å². The number of Topliss-reactive ketones (excluding diaryl/α,β-unsaturated/α-hetero) is 1. The highest BCUT2D eigenvalue weighted by Crippen LogP contribution is 2.08. The normalized spacial score (nSPS) is 9.88. The van der Waals surface area contributed by atoms with Crippen LogP contribution in [0.5, 0.6) is 0 Å². The molecule has 0 heterocycles. The molecule has 0 aliphatic heterocycles. The molecule has 3 heteroatoms. The Morgan fingerprint density at radius 2 is 1.81 bits per heavy atom. The zero-order chi connectivity index (χ0) is 12.0. The van der Waals surface area contributed by atoms with Crippen LogP contribution in [0.3, 0.4) is 0 Å². The third kappa shape index (κ3) is 3.85. The molecular formula is C13H17NO2. The second-order valence-electron chi connectivity index (χ2n) is 3.78. The van der Waals surface area contributed by atoms with E-state index in [0.29, 0.717) is 13.0 Å². The molecule has 0 spiro atoms. The molecule has 0 aliphatic rings. The van der Waals surface area contributed by atoms with Crippen molar-refractivity contribution in [3.8, 4) is 0 Å². The van der Waals surface area contributed by atoms with Crippen molar-refractivity contribution in [3.63, 3.8) is 0 Å². The Labute approximate surface area is 95.9 Å². The lowest BCUT2D eigenvalue weighted by Crippen LogP contribution is -2.18. The summed E-state index contributed by atoms with van der Waals surface area (Å²) in [5, 5.41) is 2.71. The van der Waals surface area contributed by atoms with Crippen molar-refractivity contribution >= 4 is 11.7 Å². The van der Waals surface area contributed by atoms with Crippen LogP contribution in [0.25, 0.3) is 0 Å². The van der Waals surface area contributed by atoms with Crippen molar-refractivity contribution in [3.05, 3.63) is 35.4 Å². The lowest BCUT2D eigenvalue weighted by molar-refractivity contribution is -0.119. The molecule has 0 bridgehead atoms. The van der Waals surface area contributed by atoms with E-state index < -0.39 is 0 Å². The topological polar surface area (TPSA) is 46.2 Å². The fourth-order valence-electron chi connectivity index (χ4n) is 1.41. The maximum absolute atomic E-state index is 11.6. The molecule has 0 radical (unpaired) electrons. The van der Waals surface area contributed by atoms with Gasteiger partial charge in [0.25, 0.3) is 0 Å². The summed E-state index contributed by atoms with van der Waals surface area (Å²) in [7, 11) is 0. The first-order chi connectivity index (χ1) is 7.63. The molecule has 0 saturated heterocycles. The maximum Gasteiger partial charge on any atom is 0.217 e. The predicted molar refractivity (Wildman–Crippen MR) is 63.2 cm³/mol. The van der Waals surface area contributed by atoms with Crippen molar-refractivity contribution in [1.29, 1.82) is 0 Å². The fourth-order valence-corrected chi connectivity index (χ4v) is 1.41. The van der Waals surface area contributed by atoms with Gasteiger partial charge in [-0.25, -0.2) is 0 Å². The second kappa shape index (κ2) is 6.05. The predicted octanol–water partition coefficient (Wildman–Crippen LogP) is 2.31. The molecule has 1 amide bonds. The van der Waals surface area contributed by atoms with E-state index >= 15 is 0 Å². The molecular weight excluding hydrogens is 202 g/mol. The van der Waals surface area contributed by atoms with Gasteiger partial charge in [0.1, 0.15) is 0 Å². The number of ketones is 1. The van der Waals surface area contributed by atoms with E-state index in [2.05, 4.69) is 5.32 Å². The Kier molecular flexibility index (Phi) is 4.70. The number of carbonyl (C=O) groups excluding carboxylic acids is 2. The van der Waals surface area contributed by atoms with E-state index in [0.717, 1.165) is 17.5 Å². The zero-order valence-electron chi connectivity index (χ0n) is 9.75. The Balaban J connectivity index is 2.60. The van der Waals surface area contributed by atoms with Crippen LogP contribution in [0.15, 0.2) is 24.3 Å². The third-order valence-corrected chi connectivity index (χ3v) is 2.29. The first kappa shape index (κ1) is 12.4. The van der Waals surface area contributed by atoms with Crippen molar-refractivity contribution in [1.82, 2.24) is 5.32 Å². The van der Waals surface area contributed by atoms with E-state index in [1.54, 1.807) is 0 Å². The Hall–Kier alpha value is -1.64. The summed E-state index contributed by atoms with van der Waals surface area (Å²) in [4.78, 5) is 22.3. The highest BCUT2D eigenvalue weighted by atomic mass is 16.1. The summed E-state index contributed by atoms with van der Waals surface area (Å²) in [6.45, 7) is 3.99. The van der Waals surface area contributed by atoms with Gasteiger partial charge < -0.3 is 5.32 Å². The van der Waals surface area contributed by atoms with Gasteiger partial charge in [0.15, 0.2) is 5.78 Å². The van der Waals surface area contributed by atoms with Crippen molar-refractivity contribution in [2.45, 2.75) is 33.2 Å². The molecule has 1 aromatic rings. The van der Waals surface area contributed by atoms with Gasteiger partial charge in [0, 0.05) is 25.5 Å². The average Bonchev–Trinajstić information content (AvgIpc) is 2.27. The summed E-state index contributed by atoms with van der Waals surface area (Å²) in [5.41, 5.74) is 1.75. The molecule has 0 fully saturated rings. The SMILES string of the molecule is CCCC(=O)c1ccc(CNC(C)=O)cc1. The first-order valence-electron chi connectivity index (χ1n) is 5.50. The molecule has 0 atom stereocenters. The molecule has 0 saturated carbocycles. The third-order valence-electron chi connectivity index (χ3n) is 2.29. The van der Waals surface area contributed by atoms with Crippen molar-refractivity contribution in [2.24, 2.45) is 0 Å². The second-order valence-corrected chi connectivity index (χ2v) is 3.78. The molecule has 16 heavy (non-hydrogen) atoms. The van der Waals surface area contributed by atoms with Gasteiger partial charge in [-0.15, -0.1) is 0 Å². The lowest BCUT2D eigenvalue weighted by Gasteiger charge is -2.04. The summed E-state index contributed by atoms with van der Waals surface area (Å²) >= 11 is 0. The molecule has 86 valence electrons. The Bertz CT molecular complexity index is 368. The molecule has 0 aliphatic carbocycles. The first-order valence-corrected chi connectivity index (χ1v) is 5.50. The van der Waals surface area contributed by atoms with Gasteiger partial charge in [-0.2, -0.15) is 0 Å². The van der Waals surface area contributed by atoms with Crippen LogP contribution in [0.4, 0.5) is 0 Å². The van der Waals surface area contributed by atoms with Gasteiger partial charge in [-0.3, -0.25) is 9.59 Å². The van der Waals surface area contributed by atoms with Crippen LogP contribution in [0.2, 0.25) is 0 Å². The van der Waals surface area contributed by atoms with E-state index in [4.69, 9.17) is 0 Å². The van der Waals surface area contributed by atoms with Crippen LogP contribution in [-0.4, -0.2) is 11.7 Å². The molecule has 1 aromatic carbocycles. The number of hydrogen-bond donors (Lipinski definition) is 1. The molecule has 0 unspecified atom stereocenters. The van der Waals surface area contributed by atoms with Crippen LogP contribution in [-0.2, 0) is 11.3 Å². The van der Waals surface area contributed by atoms with Crippen LogP contribution >= 0.6 is 0 Å². The fraction of sp³-hybridized carbons (Fsp3) is 0.385. The highest BCUT2D eigenvalue weighted by molar-refractivity contribution is 5.96. The minimum Gasteiger partial charge on any atom is -0.352 e. The molecule has 3 nitrogen and oxygen atoms in total. The lowest BCUT2D eigenvalue weighted by atomic mass is 10.1. The highest BCUT2D eigenvalue weighted by Gasteiger charge is 2.03. The molecule has 1 N–H and O–H groups in total. The zero-order valence-corrected chi connectivity index (χ0v) is 9.75. The van der Waals surface area contributed by atoms with Gasteiger partial charge in [-0.1, -0.05) is 31.2 Å². The monoisotopic (exact) mass is 219 g/mol. The quantitative estimate of drug-likeness (QED) is 0.772. The van der Waals surface area contributed by atoms with Crippen LogP contribution in [0.1, 0.15) is 42.6 Å². The van der Waals surface area contributed by atoms with E-state index in [9.17, 15) is 9.59 Å². The van der Waals surface area contributed by atoms with Gasteiger partial charge in [-0.05, 0) is 12.0 Å². The van der Waals surface area contributed by atoms with Gasteiger partial charge >= 0.3 is 0 Å². The number of nitrogens with one attached hydrogen (secondary N) is 1. The summed E-state index contributed by atoms with van der Waals surface area (Å²) in [5.74, 6) is 0.125. The number of amides is 1. The summed E-state index contributed by atoms with van der Waals surface area (Å²) < 4.78 is 0. The minimum absolute atomic E-state index is 0.0499. The van der Waals surface area contributed by atoms with E-state index in [1.807, 2.05) is 31.2 Å². The standard InChI is InChI=1S/C13H17NO2/c1-3-4-13(16)12-7-5-11(6-8-12)9-14-10(2)15/h5-8H,3-4,9H2,1-2H3,(H,14,15). The summed E-state index contributed by atoms with van der Waals surface area (Å²) in [6.07, 6.45) is 1.46. The number of carbonyl (C=O) groups is 2. The van der Waals surface area contributed by atoms with Crippen LogP contribution in [0, 0.1) is 0 Å². The molecule has 1 rings (SSSR count). The maximum atomic E-state index is 11.6. The van der Waals surface area contributed by atoms with Crippen molar-refractivity contribution < 1.29 is 9.59 Å². The number of hydrogen-bond acceptors (Lipinski definition) is 2. The largest absolute Gasteiger partial charge is 0.352 e. The Morgan fingerprint density at radius 3 is 2.31 bits per heavy atom. The Morgan fingerprint density at radius 1 is 1.19 bits per heavy atom. The average molecular weight is 219 g/mol. The summed E-state index contributed by atoms with van der Waals surface area (Å²) in [6, 6.07) is 7.38. The number of benzene rings is 1. The molecule has 0 aromatic heterocycles. The van der Waals surface area contributed by atoms with E-state index in [-0.39, 0.29) is 11.7 Å².